The van der Waals surface area contributed by atoms with E-state index in [9.17, 15) is 4.79 Å². The highest BCUT2D eigenvalue weighted by atomic mass is 16.5. The molecule has 0 aliphatic heterocycles. The molecule has 0 bridgehead atoms. The molecule has 2 aliphatic carbocycles. The molecule has 0 amide bonds. The predicted octanol–water partition coefficient (Wildman–Crippen LogP) is 4.72. The van der Waals surface area contributed by atoms with Gasteiger partial charge in [0.25, 0.3) is 0 Å². The molecule has 110 valence electrons. The smallest absolute Gasteiger partial charge is 0.305 e. The lowest BCUT2D eigenvalue weighted by molar-refractivity contribution is -0.143. The summed E-state index contributed by atoms with van der Waals surface area (Å²) in [5.41, 5.74) is 0. The molecule has 0 aromatic carbocycles. The van der Waals surface area contributed by atoms with Gasteiger partial charge in [0.05, 0.1) is 6.61 Å². The fourth-order valence-electron chi connectivity index (χ4n) is 4.11. The van der Waals surface area contributed by atoms with Crippen LogP contribution in [0.2, 0.25) is 0 Å². The molecule has 2 saturated carbocycles. The summed E-state index contributed by atoms with van der Waals surface area (Å²) in [6, 6.07) is 0. The van der Waals surface area contributed by atoms with E-state index in [1.165, 1.54) is 57.8 Å². The molecule has 0 aromatic heterocycles. The first-order chi connectivity index (χ1) is 9.29. The molecule has 2 aliphatic rings. The molecule has 0 radical (unpaired) electrons. The molecule has 2 rings (SSSR count). The average molecular weight is 266 g/mol. The van der Waals surface area contributed by atoms with E-state index in [4.69, 9.17) is 4.74 Å². The molecule has 0 atom stereocenters. The van der Waals surface area contributed by atoms with E-state index < -0.39 is 0 Å². The van der Waals surface area contributed by atoms with Crippen LogP contribution in [-0.2, 0) is 9.53 Å². The van der Waals surface area contributed by atoms with Crippen molar-refractivity contribution in [2.24, 2.45) is 17.8 Å². The molecule has 2 heteroatoms. The Morgan fingerprint density at radius 2 is 1.58 bits per heavy atom. The van der Waals surface area contributed by atoms with Crippen LogP contribution in [0, 0.1) is 17.8 Å². The Morgan fingerprint density at radius 3 is 2.21 bits per heavy atom. The normalized spacial score (nSPS) is 29.1. The first kappa shape index (κ1) is 14.9. The molecular formula is C17H30O2. The highest BCUT2D eigenvalue weighted by molar-refractivity contribution is 5.69. The van der Waals surface area contributed by atoms with E-state index in [0.717, 1.165) is 24.2 Å². The third kappa shape index (κ3) is 4.81. The Bertz CT molecular complexity index is 260. The fourth-order valence-corrected chi connectivity index (χ4v) is 4.11. The Balaban J connectivity index is 1.63. The van der Waals surface area contributed by atoms with Crippen molar-refractivity contribution in [3.63, 3.8) is 0 Å². The molecule has 0 unspecified atom stereocenters. The summed E-state index contributed by atoms with van der Waals surface area (Å²) in [4.78, 5) is 11.4. The summed E-state index contributed by atoms with van der Waals surface area (Å²) >= 11 is 0. The molecule has 0 aromatic rings. The van der Waals surface area contributed by atoms with Crippen LogP contribution < -0.4 is 0 Å². The predicted molar refractivity (Wildman–Crippen MR) is 77.9 cm³/mol. The van der Waals surface area contributed by atoms with Crippen molar-refractivity contribution in [3.05, 3.63) is 0 Å². The summed E-state index contributed by atoms with van der Waals surface area (Å²) in [5.74, 6) is 2.81. The van der Waals surface area contributed by atoms with E-state index >= 15 is 0 Å². The summed E-state index contributed by atoms with van der Waals surface area (Å²) in [6.45, 7) is 2.40. The van der Waals surface area contributed by atoms with Crippen LogP contribution in [0.3, 0.4) is 0 Å². The quantitative estimate of drug-likeness (QED) is 0.673. The van der Waals surface area contributed by atoms with Crippen LogP contribution >= 0.6 is 0 Å². The lowest BCUT2D eigenvalue weighted by Crippen LogP contribution is -2.24. The minimum atomic E-state index is -0.00287. The van der Waals surface area contributed by atoms with Crippen molar-refractivity contribution in [1.82, 2.24) is 0 Å². The largest absolute Gasteiger partial charge is 0.466 e. The Morgan fingerprint density at radius 1 is 0.947 bits per heavy atom. The van der Waals surface area contributed by atoms with Gasteiger partial charge in [-0.05, 0) is 43.9 Å². The average Bonchev–Trinajstić information content (AvgIpc) is 2.47. The lowest BCUT2D eigenvalue weighted by Gasteiger charge is -2.35. The zero-order valence-electron chi connectivity index (χ0n) is 12.5. The van der Waals surface area contributed by atoms with Crippen LogP contribution in [0.1, 0.15) is 77.6 Å². The fraction of sp³-hybridized carbons (Fsp3) is 0.941. The van der Waals surface area contributed by atoms with Crippen LogP contribution in [0.15, 0.2) is 0 Å². The lowest BCUT2D eigenvalue weighted by atomic mass is 9.70. The Kier molecular flexibility index (Phi) is 6.19. The van der Waals surface area contributed by atoms with Crippen molar-refractivity contribution in [1.29, 1.82) is 0 Å². The van der Waals surface area contributed by atoms with Crippen molar-refractivity contribution >= 4 is 5.97 Å². The van der Waals surface area contributed by atoms with Gasteiger partial charge in [-0.3, -0.25) is 4.79 Å². The standard InChI is InChI=1S/C17H30O2/c1-2-19-17(18)13-10-14-8-11-16(12-9-14)15-6-4-3-5-7-15/h14-16H,2-13H2,1H3. The van der Waals surface area contributed by atoms with Gasteiger partial charge < -0.3 is 4.74 Å². The van der Waals surface area contributed by atoms with Gasteiger partial charge in [-0.2, -0.15) is 0 Å². The topological polar surface area (TPSA) is 26.3 Å². The number of rotatable bonds is 5. The van der Waals surface area contributed by atoms with Gasteiger partial charge in [-0.15, -0.1) is 0 Å². The number of hydrogen-bond donors (Lipinski definition) is 0. The second-order valence-electron chi connectivity index (χ2n) is 6.52. The van der Waals surface area contributed by atoms with Gasteiger partial charge in [0.15, 0.2) is 0 Å². The number of carbonyl (C=O) groups is 1. The highest BCUT2D eigenvalue weighted by Gasteiger charge is 2.28. The maximum atomic E-state index is 11.4. The third-order valence-corrected chi connectivity index (χ3v) is 5.27. The zero-order chi connectivity index (χ0) is 13.5. The summed E-state index contributed by atoms with van der Waals surface area (Å²) in [5, 5.41) is 0. The first-order valence-corrected chi connectivity index (χ1v) is 8.45. The van der Waals surface area contributed by atoms with Gasteiger partial charge in [-0.1, -0.05) is 44.9 Å². The number of carbonyl (C=O) groups excluding carboxylic acids is 1. The molecule has 2 fully saturated rings. The van der Waals surface area contributed by atoms with Gasteiger partial charge >= 0.3 is 5.97 Å². The summed E-state index contributed by atoms with van der Waals surface area (Å²) in [6.07, 6.45) is 14.6. The molecule has 19 heavy (non-hydrogen) atoms. The van der Waals surface area contributed by atoms with Gasteiger partial charge in [0, 0.05) is 6.42 Å². The van der Waals surface area contributed by atoms with Crippen LogP contribution in [0.25, 0.3) is 0 Å². The van der Waals surface area contributed by atoms with Crippen molar-refractivity contribution in [2.45, 2.75) is 77.6 Å². The minimum absolute atomic E-state index is 0.00287. The van der Waals surface area contributed by atoms with Crippen molar-refractivity contribution in [2.75, 3.05) is 6.61 Å². The molecule has 0 saturated heterocycles. The number of esters is 1. The summed E-state index contributed by atoms with van der Waals surface area (Å²) < 4.78 is 5.01. The maximum Gasteiger partial charge on any atom is 0.305 e. The zero-order valence-corrected chi connectivity index (χ0v) is 12.5. The molecule has 0 N–H and O–H groups in total. The molecule has 0 spiro atoms. The maximum absolute atomic E-state index is 11.4. The second-order valence-corrected chi connectivity index (χ2v) is 6.52. The van der Waals surface area contributed by atoms with E-state index in [-0.39, 0.29) is 5.97 Å². The van der Waals surface area contributed by atoms with E-state index in [0.29, 0.717) is 13.0 Å². The molecular weight excluding hydrogens is 236 g/mol. The minimum Gasteiger partial charge on any atom is -0.466 e. The SMILES string of the molecule is CCOC(=O)CCC1CCC(C2CCCCC2)CC1. The van der Waals surface area contributed by atoms with E-state index in [1.54, 1.807) is 0 Å². The van der Waals surface area contributed by atoms with E-state index in [2.05, 4.69) is 0 Å². The van der Waals surface area contributed by atoms with Crippen LogP contribution in [-0.4, -0.2) is 12.6 Å². The van der Waals surface area contributed by atoms with E-state index in [1.807, 2.05) is 6.92 Å². The first-order valence-electron chi connectivity index (χ1n) is 8.45. The summed E-state index contributed by atoms with van der Waals surface area (Å²) in [7, 11) is 0. The van der Waals surface area contributed by atoms with Crippen LogP contribution in [0.5, 0.6) is 0 Å². The van der Waals surface area contributed by atoms with Gasteiger partial charge in [-0.25, -0.2) is 0 Å². The second kappa shape index (κ2) is 7.91. The Hall–Kier alpha value is -0.530. The number of hydrogen-bond acceptors (Lipinski definition) is 2. The van der Waals surface area contributed by atoms with Crippen molar-refractivity contribution < 1.29 is 9.53 Å². The number of ether oxygens (including phenoxy) is 1. The monoisotopic (exact) mass is 266 g/mol. The van der Waals surface area contributed by atoms with Crippen molar-refractivity contribution in [3.8, 4) is 0 Å². The Labute approximate surface area is 118 Å². The van der Waals surface area contributed by atoms with Gasteiger partial charge in [0.1, 0.15) is 0 Å². The van der Waals surface area contributed by atoms with Gasteiger partial charge in [0.2, 0.25) is 0 Å². The molecule has 0 heterocycles. The highest BCUT2D eigenvalue weighted by Crippen LogP contribution is 2.40. The molecule has 2 nitrogen and oxygen atoms in total. The van der Waals surface area contributed by atoms with Crippen LogP contribution in [0.4, 0.5) is 0 Å². The third-order valence-electron chi connectivity index (χ3n) is 5.27.